The van der Waals surface area contributed by atoms with Crippen molar-refractivity contribution >= 4 is 21.4 Å². The second kappa shape index (κ2) is 6.22. The van der Waals surface area contributed by atoms with E-state index in [1.165, 1.54) is 0 Å². The van der Waals surface area contributed by atoms with Gasteiger partial charge >= 0.3 is 0 Å². The molecule has 1 aliphatic rings. The first kappa shape index (κ1) is 14.3. The van der Waals surface area contributed by atoms with Gasteiger partial charge in [-0.15, -0.1) is 11.6 Å². The molecule has 0 spiro atoms. The monoisotopic (exact) mass is 268 g/mol. The first-order chi connectivity index (χ1) is 7.47. The van der Waals surface area contributed by atoms with E-state index in [0.717, 1.165) is 6.42 Å². The van der Waals surface area contributed by atoms with Gasteiger partial charge < -0.3 is 4.74 Å². The second-order valence-electron chi connectivity index (χ2n) is 4.64. The van der Waals surface area contributed by atoms with Gasteiger partial charge in [0.05, 0.1) is 17.1 Å². The van der Waals surface area contributed by atoms with Crippen LogP contribution in [0.25, 0.3) is 0 Å². The van der Waals surface area contributed by atoms with Crippen molar-refractivity contribution in [3.05, 3.63) is 0 Å². The van der Waals surface area contributed by atoms with Gasteiger partial charge in [-0.3, -0.25) is 0 Å². The van der Waals surface area contributed by atoms with Gasteiger partial charge in [0.2, 0.25) is 0 Å². The van der Waals surface area contributed by atoms with Crippen molar-refractivity contribution in [3.8, 4) is 0 Å². The van der Waals surface area contributed by atoms with E-state index in [4.69, 9.17) is 16.3 Å². The van der Waals surface area contributed by atoms with Crippen LogP contribution in [-0.4, -0.2) is 38.0 Å². The Morgan fingerprint density at radius 3 is 2.62 bits per heavy atom. The zero-order valence-electron chi connectivity index (χ0n) is 9.99. The van der Waals surface area contributed by atoms with Gasteiger partial charge in [0.25, 0.3) is 0 Å². The van der Waals surface area contributed by atoms with E-state index in [0.29, 0.717) is 31.2 Å². The fourth-order valence-corrected chi connectivity index (χ4v) is 4.56. The molecule has 0 amide bonds. The number of rotatable bonds is 6. The third-order valence-electron chi connectivity index (χ3n) is 3.27. The van der Waals surface area contributed by atoms with Crippen LogP contribution in [0.5, 0.6) is 0 Å². The molecule has 1 fully saturated rings. The second-order valence-corrected chi connectivity index (χ2v) is 7.36. The molecule has 0 aromatic carbocycles. The molecular formula is C11H21ClO3S. The van der Waals surface area contributed by atoms with Crippen LogP contribution >= 0.6 is 11.6 Å². The van der Waals surface area contributed by atoms with Crippen molar-refractivity contribution in [2.75, 3.05) is 18.2 Å². The fourth-order valence-electron chi connectivity index (χ4n) is 2.03. The summed E-state index contributed by atoms with van der Waals surface area (Å²) in [5.41, 5.74) is 0. The first-order valence-electron chi connectivity index (χ1n) is 5.86. The van der Waals surface area contributed by atoms with Crippen LogP contribution < -0.4 is 0 Å². The maximum absolute atomic E-state index is 12.0. The van der Waals surface area contributed by atoms with Gasteiger partial charge in [-0.2, -0.15) is 0 Å². The van der Waals surface area contributed by atoms with E-state index in [1.807, 2.05) is 13.8 Å². The van der Waals surface area contributed by atoms with E-state index in [-0.39, 0.29) is 17.1 Å². The summed E-state index contributed by atoms with van der Waals surface area (Å²) >= 11 is 5.63. The van der Waals surface area contributed by atoms with Crippen molar-refractivity contribution in [1.82, 2.24) is 0 Å². The van der Waals surface area contributed by atoms with Crippen LogP contribution in [-0.2, 0) is 14.6 Å². The molecule has 1 rings (SSSR count). The molecule has 3 atom stereocenters. The normalized spacial score (nSPS) is 28.2. The molecule has 0 aliphatic carbocycles. The van der Waals surface area contributed by atoms with Crippen LogP contribution in [0.3, 0.4) is 0 Å². The van der Waals surface area contributed by atoms with E-state index >= 15 is 0 Å². The molecule has 0 saturated carbocycles. The Bertz CT molecular complexity index is 302. The number of hydrogen-bond donors (Lipinski definition) is 0. The summed E-state index contributed by atoms with van der Waals surface area (Å²) in [5.74, 6) is 1.25. The maximum Gasteiger partial charge on any atom is 0.155 e. The highest BCUT2D eigenvalue weighted by atomic mass is 35.5. The molecule has 0 aromatic heterocycles. The van der Waals surface area contributed by atoms with Crippen LogP contribution in [0.1, 0.15) is 33.1 Å². The minimum atomic E-state index is -2.99. The van der Waals surface area contributed by atoms with E-state index in [1.54, 1.807) is 0 Å². The van der Waals surface area contributed by atoms with Crippen molar-refractivity contribution < 1.29 is 13.2 Å². The Labute approximate surface area is 103 Å². The summed E-state index contributed by atoms with van der Waals surface area (Å²) in [7, 11) is -2.99. The predicted octanol–water partition coefficient (Wildman–Crippen LogP) is 2.23. The quantitative estimate of drug-likeness (QED) is 0.694. The molecule has 0 radical (unpaired) electrons. The summed E-state index contributed by atoms with van der Waals surface area (Å²) in [4.78, 5) is 0. The average molecular weight is 269 g/mol. The van der Waals surface area contributed by atoms with Crippen LogP contribution in [0, 0.1) is 5.92 Å². The van der Waals surface area contributed by atoms with Crippen LogP contribution in [0.15, 0.2) is 0 Å². The Balaban J connectivity index is 2.45. The Morgan fingerprint density at radius 2 is 2.12 bits per heavy atom. The fraction of sp³-hybridized carbons (Fsp3) is 1.00. The molecule has 0 N–H and O–H groups in total. The molecule has 1 saturated heterocycles. The van der Waals surface area contributed by atoms with Crippen molar-refractivity contribution in [2.24, 2.45) is 5.92 Å². The van der Waals surface area contributed by atoms with Gasteiger partial charge in [-0.05, 0) is 32.1 Å². The Kier molecular flexibility index (Phi) is 5.54. The molecule has 3 nitrogen and oxygen atoms in total. The highest BCUT2D eigenvalue weighted by Crippen LogP contribution is 2.23. The van der Waals surface area contributed by atoms with Gasteiger partial charge in [0.15, 0.2) is 9.84 Å². The third-order valence-corrected chi connectivity index (χ3v) is 5.83. The Hall–Kier alpha value is 0.200. The van der Waals surface area contributed by atoms with Crippen molar-refractivity contribution in [3.63, 3.8) is 0 Å². The molecule has 96 valence electrons. The molecule has 1 heterocycles. The number of ether oxygens (including phenoxy) is 1. The highest BCUT2D eigenvalue weighted by Gasteiger charge is 2.35. The third kappa shape index (κ3) is 3.90. The molecule has 5 heteroatoms. The van der Waals surface area contributed by atoms with Crippen molar-refractivity contribution in [2.45, 2.75) is 44.5 Å². The minimum absolute atomic E-state index is 0.145. The number of sulfone groups is 1. The lowest BCUT2D eigenvalue weighted by molar-refractivity contribution is 0.126. The largest absolute Gasteiger partial charge is 0.377 e. The van der Waals surface area contributed by atoms with Gasteiger partial charge in [-0.25, -0.2) is 8.42 Å². The maximum atomic E-state index is 12.0. The molecule has 1 aliphatic heterocycles. The van der Waals surface area contributed by atoms with Gasteiger partial charge in [0.1, 0.15) is 0 Å². The molecular weight excluding hydrogens is 248 g/mol. The summed E-state index contributed by atoms with van der Waals surface area (Å²) in [6.45, 7) is 4.46. The summed E-state index contributed by atoms with van der Waals surface area (Å²) in [6.07, 6.45) is 2.09. The summed E-state index contributed by atoms with van der Waals surface area (Å²) in [6, 6.07) is 0. The molecule has 16 heavy (non-hydrogen) atoms. The smallest absolute Gasteiger partial charge is 0.155 e. The summed E-state index contributed by atoms with van der Waals surface area (Å²) in [5, 5.41) is -0.296. The SMILES string of the molecule is CC(CCCl)CCS(=O)(=O)C1CCOC1C. The van der Waals surface area contributed by atoms with E-state index < -0.39 is 9.84 Å². The van der Waals surface area contributed by atoms with Crippen LogP contribution in [0.4, 0.5) is 0 Å². The topological polar surface area (TPSA) is 43.4 Å². The zero-order valence-corrected chi connectivity index (χ0v) is 11.6. The van der Waals surface area contributed by atoms with Crippen LogP contribution in [0.2, 0.25) is 0 Å². The average Bonchev–Trinajstić information content (AvgIpc) is 2.63. The first-order valence-corrected chi connectivity index (χ1v) is 8.11. The molecule has 0 aromatic rings. The number of hydrogen-bond acceptors (Lipinski definition) is 3. The minimum Gasteiger partial charge on any atom is -0.377 e. The lowest BCUT2D eigenvalue weighted by Gasteiger charge is -2.16. The lowest BCUT2D eigenvalue weighted by Crippen LogP contribution is -2.30. The zero-order chi connectivity index (χ0) is 12.2. The van der Waals surface area contributed by atoms with E-state index in [2.05, 4.69) is 0 Å². The van der Waals surface area contributed by atoms with Gasteiger partial charge in [0, 0.05) is 12.5 Å². The van der Waals surface area contributed by atoms with Crippen molar-refractivity contribution in [1.29, 1.82) is 0 Å². The predicted molar refractivity (Wildman–Crippen MR) is 66.7 cm³/mol. The molecule has 3 unspecified atom stereocenters. The van der Waals surface area contributed by atoms with E-state index in [9.17, 15) is 8.42 Å². The Morgan fingerprint density at radius 1 is 1.44 bits per heavy atom. The standard InChI is InChI=1S/C11H21ClO3S/c1-9(3-6-12)5-8-16(13,14)11-4-7-15-10(11)2/h9-11H,3-8H2,1-2H3. The molecule has 0 bridgehead atoms. The number of alkyl halides is 1. The van der Waals surface area contributed by atoms with Gasteiger partial charge in [-0.1, -0.05) is 6.92 Å². The lowest BCUT2D eigenvalue weighted by atomic mass is 10.1. The summed E-state index contributed by atoms with van der Waals surface area (Å²) < 4.78 is 29.4. The number of halogens is 1. The highest BCUT2D eigenvalue weighted by molar-refractivity contribution is 7.92.